The zero-order valence-corrected chi connectivity index (χ0v) is 18.3. The van der Waals surface area contributed by atoms with Gasteiger partial charge in [0.2, 0.25) is 0 Å². The second-order valence-electron chi connectivity index (χ2n) is 7.42. The molecule has 0 aliphatic rings. The summed E-state index contributed by atoms with van der Waals surface area (Å²) < 4.78 is 10.8. The molecule has 0 aliphatic heterocycles. The average molecular weight is 447 g/mol. The Morgan fingerprint density at radius 2 is 1.67 bits per heavy atom. The van der Waals surface area contributed by atoms with Crippen molar-refractivity contribution in [3.8, 4) is 22.8 Å². The number of rotatable bonds is 8. The molecule has 0 aliphatic carbocycles. The lowest BCUT2D eigenvalue weighted by Crippen LogP contribution is -2.31. The third-order valence-corrected chi connectivity index (χ3v) is 5.17. The fourth-order valence-electron chi connectivity index (χ4n) is 3.44. The Morgan fingerprint density at radius 3 is 2.30 bits per heavy atom. The van der Waals surface area contributed by atoms with Crippen LogP contribution in [0.5, 0.6) is 11.5 Å². The summed E-state index contributed by atoms with van der Waals surface area (Å²) in [6.45, 7) is -0.230. The van der Waals surface area contributed by atoms with E-state index in [1.807, 2.05) is 41.3 Å². The van der Waals surface area contributed by atoms with Gasteiger partial charge in [0.15, 0.2) is 0 Å². The molecule has 0 saturated carbocycles. The van der Waals surface area contributed by atoms with Gasteiger partial charge >= 0.3 is 0 Å². The number of aromatic nitrogens is 3. The molecule has 2 aromatic carbocycles. The molecule has 1 atom stereocenters. The number of hydrogen-bond donors (Lipinski definition) is 3. The highest BCUT2D eigenvalue weighted by Crippen LogP contribution is 2.34. The van der Waals surface area contributed by atoms with Crippen molar-refractivity contribution >= 4 is 28.2 Å². The second kappa shape index (κ2) is 9.68. The van der Waals surface area contributed by atoms with Crippen molar-refractivity contribution in [2.45, 2.75) is 6.10 Å². The summed E-state index contributed by atoms with van der Waals surface area (Å²) in [6, 6.07) is 14.6. The molecule has 2 heterocycles. The highest BCUT2D eigenvalue weighted by atomic mass is 16.5. The predicted molar refractivity (Wildman–Crippen MR) is 127 cm³/mol. The van der Waals surface area contributed by atoms with Gasteiger partial charge in [-0.3, -0.25) is 4.98 Å². The largest absolute Gasteiger partial charge is 0.497 e. The zero-order valence-electron chi connectivity index (χ0n) is 18.3. The summed E-state index contributed by atoms with van der Waals surface area (Å²) in [6.07, 6.45) is 2.38. The van der Waals surface area contributed by atoms with Gasteiger partial charge in [-0.1, -0.05) is 0 Å². The second-order valence-corrected chi connectivity index (χ2v) is 7.42. The number of ether oxygens (including phenoxy) is 2. The first-order valence-electron chi connectivity index (χ1n) is 10.3. The first kappa shape index (κ1) is 22.3. The maximum Gasteiger partial charge on any atom is 0.124 e. The highest BCUT2D eigenvalue weighted by molar-refractivity contribution is 5.82. The summed E-state index contributed by atoms with van der Waals surface area (Å²) in [7, 11) is 3.15. The molecule has 170 valence electrons. The average Bonchev–Trinajstić information content (AvgIpc) is 2.86. The van der Waals surface area contributed by atoms with E-state index >= 15 is 0 Å². The van der Waals surface area contributed by atoms with Crippen LogP contribution in [0.4, 0.5) is 17.2 Å². The van der Waals surface area contributed by atoms with E-state index in [0.717, 1.165) is 22.5 Å². The van der Waals surface area contributed by atoms with Crippen LogP contribution in [-0.2, 0) is 0 Å². The smallest absolute Gasteiger partial charge is 0.124 e. The number of fused-ring (bicyclic) bond motifs is 1. The molecule has 0 saturated heterocycles. The van der Waals surface area contributed by atoms with E-state index in [1.54, 1.807) is 38.7 Å². The number of nitrogens with zero attached hydrogens (tertiary/aromatic N) is 4. The van der Waals surface area contributed by atoms with Gasteiger partial charge in [0.25, 0.3) is 0 Å². The van der Waals surface area contributed by atoms with E-state index in [9.17, 15) is 10.2 Å². The number of aliphatic hydroxyl groups is 2. The Hall–Kier alpha value is -3.95. The number of pyridine rings is 1. The van der Waals surface area contributed by atoms with E-state index in [-0.39, 0.29) is 13.2 Å². The maximum absolute atomic E-state index is 10.2. The molecule has 0 bridgehead atoms. The molecule has 4 aromatic rings. The number of hydrogen-bond acceptors (Lipinski definition) is 9. The van der Waals surface area contributed by atoms with Crippen LogP contribution in [0, 0.1) is 0 Å². The minimum Gasteiger partial charge on any atom is -0.497 e. The Labute approximate surface area is 191 Å². The van der Waals surface area contributed by atoms with Crippen molar-refractivity contribution in [1.29, 1.82) is 0 Å². The summed E-state index contributed by atoms with van der Waals surface area (Å²) in [5.41, 5.74) is 10.0. The van der Waals surface area contributed by atoms with Crippen LogP contribution < -0.4 is 20.1 Å². The molecule has 9 heteroatoms. The van der Waals surface area contributed by atoms with Crippen LogP contribution in [0.15, 0.2) is 60.9 Å². The quantitative estimate of drug-likeness (QED) is 0.374. The lowest BCUT2D eigenvalue weighted by Gasteiger charge is -2.28. The van der Waals surface area contributed by atoms with Crippen LogP contribution in [-0.4, -0.2) is 58.6 Å². The Morgan fingerprint density at radius 1 is 0.909 bits per heavy atom. The van der Waals surface area contributed by atoms with E-state index < -0.39 is 6.10 Å². The molecule has 0 amide bonds. The van der Waals surface area contributed by atoms with Gasteiger partial charge in [0.1, 0.15) is 17.3 Å². The molecule has 0 spiro atoms. The monoisotopic (exact) mass is 447 g/mol. The molecule has 33 heavy (non-hydrogen) atoms. The van der Waals surface area contributed by atoms with Crippen molar-refractivity contribution in [3.63, 3.8) is 0 Å². The van der Waals surface area contributed by atoms with Gasteiger partial charge in [-0.15, -0.1) is 0 Å². The summed E-state index contributed by atoms with van der Waals surface area (Å²) in [5.74, 6) is 1.64. The Kier molecular flexibility index (Phi) is 6.53. The maximum atomic E-state index is 10.2. The van der Waals surface area contributed by atoms with Crippen LogP contribution in [0.2, 0.25) is 0 Å². The van der Waals surface area contributed by atoms with Gasteiger partial charge in [-0.05, 0) is 30.3 Å². The van der Waals surface area contributed by atoms with Crippen LogP contribution in [0.1, 0.15) is 0 Å². The van der Waals surface area contributed by atoms with E-state index in [4.69, 9.17) is 20.2 Å². The van der Waals surface area contributed by atoms with E-state index in [1.165, 1.54) is 0 Å². The molecule has 9 nitrogen and oxygen atoms in total. The van der Waals surface area contributed by atoms with Gasteiger partial charge in [0, 0.05) is 41.3 Å². The fraction of sp³-hybridized carbons (Fsp3) is 0.208. The van der Waals surface area contributed by atoms with Gasteiger partial charge in [-0.2, -0.15) is 0 Å². The van der Waals surface area contributed by atoms with Crippen LogP contribution >= 0.6 is 0 Å². The number of nitrogens with two attached hydrogens (primary N) is 1. The fourth-order valence-corrected chi connectivity index (χ4v) is 3.44. The molecule has 2 aromatic heterocycles. The number of aliphatic hydroxyl groups excluding tert-OH is 2. The minimum absolute atomic E-state index is 0.146. The Balaban J connectivity index is 1.80. The molecule has 4 rings (SSSR count). The first-order valence-corrected chi connectivity index (χ1v) is 10.3. The number of anilines is 3. The summed E-state index contributed by atoms with van der Waals surface area (Å²) >= 11 is 0. The molecular formula is C24H25N5O4. The third-order valence-electron chi connectivity index (χ3n) is 5.17. The van der Waals surface area contributed by atoms with Crippen LogP contribution in [0.3, 0.4) is 0 Å². The molecule has 0 radical (unpaired) electrons. The van der Waals surface area contributed by atoms with Crippen molar-refractivity contribution in [2.75, 3.05) is 38.0 Å². The molecule has 0 fully saturated rings. The zero-order chi connectivity index (χ0) is 23.4. The van der Waals surface area contributed by atoms with Gasteiger partial charge < -0.3 is 30.3 Å². The molecule has 4 N–H and O–H groups in total. The first-order chi connectivity index (χ1) is 16.0. The predicted octanol–water partition coefficient (Wildman–Crippen LogP) is 2.78. The normalized spacial score (nSPS) is 11.9. The number of nitrogen functional groups attached to an aromatic ring is 1. The van der Waals surface area contributed by atoms with Crippen LogP contribution in [0.25, 0.3) is 22.3 Å². The standard InChI is InChI=1S/C24H25N5O4/c1-32-19-7-17(8-20(10-19)33-2)29(13-18(31)14-30)16-4-5-21-22(9-16)28-23(12-26-21)15-3-6-24(25)27-11-15/h3-12,18,30-31H,13-14H2,1-2H3,(H2,25,27). The minimum atomic E-state index is -0.962. The van der Waals surface area contributed by atoms with Crippen molar-refractivity contribution in [1.82, 2.24) is 15.0 Å². The molecule has 1 unspecified atom stereocenters. The summed E-state index contributed by atoms with van der Waals surface area (Å²) in [5, 5.41) is 19.7. The summed E-state index contributed by atoms with van der Waals surface area (Å²) in [4.78, 5) is 15.3. The van der Waals surface area contributed by atoms with E-state index in [2.05, 4.69) is 9.97 Å². The Bertz CT molecular complexity index is 1230. The topological polar surface area (TPSA) is 127 Å². The molecular weight excluding hydrogens is 422 g/mol. The lowest BCUT2D eigenvalue weighted by atomic mass is 10.1. The van der Waals surface area contributed by atoms with Gasteiger partial charge in [-0.25, -0.2) is 9.97 Å². The van der Waals surface area contributed by atoms with Crippen molar-refractivity contribution in [3.05, 3.63) is 60.9 Å². The highest BCUT2D eigenvalue weighted by Gasteiger charge is 2.17. The van der Waals surface area contributed by atoms with Crippen molar-refractivity contribution < 1.29 is 19.7 Å². The van der Waals surface area contributed by atoms with Gasteiger partial charge in [0.05, 0.1) is 56.4 Å². The SMILES string of the molecule is COc1cc(OC)cc(N(CC(O)CO)c2ccc3ncc(-c4ccc(N)nc4)nc3c2)c1. The third kappa shape index (κ3) is 4.94. The van der Waals surface area contributed by atoms with E-state index in [0.29, 0.717) is 28.5 Å². The number of benzene rings is 2. The number of methoxy groups -OCH3 is 2. The lowest BCUT2D eigenvalue weighted by molar-refractivity contribution is 0.102. The van der Waals surface area contributed by atoms with Crippen molar-refractivity contribution in [2.24, 2.45) is 0 Å².